The average molecular weight is 532 g/mol. The number of aromatic nitrogens is 5. The van der Waals surface area contributed by atoms with Crippen LogP contribution in [0, 0.1) is 11.6 Å². The fraction of sp³-hybridized carbons (Fsp3) is 0.360. The molecule has 0 amide bonds. The molecule has 5 rings (SSSR count). The molecule has 1 fully saturated rings. The van der Waals surface area contributed by atoms with Crippen molar-refractivity contribution >= 4 is 16.9 Å². The van der Waals surface area contributed by atoms with E-state index in [0.29, 0.717) is 35.4 Å². The highest BCUT2D eigenvalue weighted by molar-refractivity contribution is 5.70. The Balaban J connectivity index is 1.59. The number of benzene rings is 1. The number of aliphatic hydroxyl groups is 1. The number of hydrogen-bond donors (Lipinski definition) is 2. The third-order valence-electron chi connectivity index (χ3n) is 6.85. The molecule has 1 aliphatic heterocycles. The maximum atomic E-state index is 14.9. The van der Waals surface area contributed by atoms with Crippen molar-refractivity contribution in [2.24, 2.45) is 5.73 Å². The summed E-state index contributed by atoms with van der Waals surface area (Å²) in [6.45, 7) is 0.633. The summed E-state index contributed by atoms with van der Waals surface area (Å²) in [7, 11) is 1.24. The molecule has 38 heavy (non-hydrogen) atoms. The Morgan fingerprint density at radius 3 is 2.71 bits per heavy atom. The number of anilines is 1. The van der Waals surface area contributed by atoms with Crippen LogP contribution in [0.5, 0.6) is 5.75 Å². The number of fused-ring (bicyclic) bond motifs is 1. The standard InChI is InChI=1S/C25H25F4N7O2/c1-38-21-7-16(26)15(6-17(21)27)18-5-14(10-36-13-34-24-20(36)8-31-12-33-24)19(9-32-18)35-4-2-3-25(30,11-35)22(37)23(28)29/h5-9,12-13,22-23,37H,2-4,10-11,30H2,1H3/t22-,25-/m1/s1. The summed E-state index contributed by atoms with van der Waals surface area (Å²) in [5.41, 5.74) is 7.07. The van der Waals surface area contributed by atoms with Gasteiger partial charge in [-0.2, -0.15) is 0 Å². The highest BCUT2D eigenvalue weighted by Gasteiger charge is 2.43. The van der Waals surface area contributed by atoms with Crippen LogP contribution in [0.25, 0.3) is 22.4 Å². The minimum Gasteiger partial charge on any atom is -0.494 e. The first-order chi connectivity index (χ1) is 18.2. The van der Waals surface area contributed by atoms with Gasteiger partial charge in [-0.05, 0) is 30.5 Å². The summed E-state index contributed by atoms with van der Waals surface area (Å²) in [5.74, 6) is -1.72. The number of hydrogen-bond acceptors (Lipinski definition) is 8. The second-order valence-corrected chi connectivity index (χ2v) is 9.31. The molecule has 0 unspecified atom stereocenters. The molecule has 0 bridgehead atoms. The number of aliphatic hydroxyl groups excluding tert-OH is 1. The Kier molecular flexibility index (Phi) is 6.88. The Morgan fingerprint density at radius 1 is 1.13 bits per heavy atom. The summed E-state index contributed by atoms with van der Waals surface area (Å²) >= 11 is 0. The van der Waals surface area contributed by atoms with Crippen molar-refractivity contribution in [1.82, 2.24) is 24.5 Å². The second kappa shape index (κ2) is 10.1. The third kappa shape index (κ3) is 4.74. The number of nitrogens with zero attached hydrogens (tertiary/aromatic N) is 6. The second-order valence-electron chi connectivity index (χ2n) is 9.31. The first kappa shape index (κ1) is 25.8. The number of alkyl halides is 2. The Morgan fingerprint density at radius 2 is 1.95 bits per heavy atom. The zero-order valence-corrected chi connectivity index (χ0v) is 20.4. The van der Waals surface area contributed by atoms with Gasteiger partial charge in [-0.15, -0.1) is 0 Å². The molecule has 0 saturated carbocycles. The number of imidazole rings is 1. The van der Waals surface area contributed by atoms with Crippen LogP contribution in [0.4, 0.5) is 23.2 Å². The van der Waals surface area contributed by atoms with Crippen molar-refractivity contribution < 1.29 is 27.4 Å². The first-order valence-electron chi connectivity index (χ1n) is 11.8. The van der Waals surface area contributed by atoms with E-state index in [2.05, 4.69) is 19.9 Å². The number of halogens is 4. The van der Waals surface area contributed by atoms with Gasteiger partial charge in [-0.3, -0.25) is 4.98 Å². The number of methoxy groups -OCH3 is 1. The molecule has 3 aromatic heterocycles. The molecule has 0 aliphatic carbocycles. The van der Waals surface area contributed by atoms with Crippen LogP contribution in [-0.4, -0.2) is 67.9 Å². The van der Waals surface area contributed by atoms with Crippen LogP contribution in [0.1, 0.15) is 18.4 Å². The maximum Gasteiger partial charge on any atom is 0.265 e. The van der Waals surface area contributed by atoms with Gasteiger partial charge in [-0.25, -0.2) is 32.5 Å². The quantitative estimate of drug-likeness (QED) is 0.350. The molecule has 0 spiro atoms. The van der Waals surface area contributed by atoms with Gasteiger partial charge in [0.15, 0.2) is 17.2 Å². The van der Waals surface area contributed by atoms with Crippen LogP contribution >= 0.6 is 0 Å². The van der Waals surface area contributed by atoms with Crippen molar-refractivity contribution in [2.45, 2.75) is 37.5 Å². The van der Waals surface area contributed by atoms with E-state index < -0.39 is 29.7 Å². The predicted molar refractivity (Wildman–Crippen MR) is 131 cm³/mol. The van der Waals surface area contributed by atoms with Crippen LogP contribution in [0.3, 0.4) is 0 Å². The highest BCUT2D eigenvalue weighted by Crippen LogP contribution is 2.34. The molecular weight excluding hydrogens is 506 g/mol. The largest absolute Gasteiger partial charge is 0.494 e. The van der Waals surface area contributed by atoms with E-state index in [1.807, 2.05) is 0 Å². The van der Waals surface area contributed by atoms with Gasteiger partial charge >= 0.3 is 0 Å². The molecule has 13 heteroatoms. The Bertz CT molecular complexity index is 1470. The number of rotatable bonds is 7. The minimum atomic E-state index is -3.00. The lowest BCUT2D eigenvalue weighted by atomic mass is 9.84. The summed E-state index contributed by atoms with van der Waals surface area (Å²) in [5, 5.41) is 10.1. The van der Waals surface area contributed by atoms with E-state index in [1.165, 1.54) is 19.6 Å². The van der Waals surface area contributed by atoms with Crippen molar-refractivity contribution in [3.05, 3.63) is 60.4 Å². The van der Waals surface area contributed by atoms with Gasteiger partial charge in [0.05, 0.1) is 49.3 Å². The van der Waals surface area contributed by atoms with Crippen molar-refractivity contribution in [2.75, 3.05) is 25.1 Å². The number of piperidine rings is 1. The topological polar surface area (TPSA) is 115 Å². The molecule has 3 N–H and O–H groups in total. The average Bonchev–Trinajstić information content (AvgIpc) is 3.32. The molecule has 0 radical (unpaired) electrons. The van der Waals surface area contributed by atoms with Crippen LogP contribution < -0.4 is 15.4 Å². The smallest absolute Gasteiger partial charge is 0.265 e. The number of ether oxygens (including phenoxy) is 1. The lowest BCUT2D eigenvalue weighted by Gasteiger charge is -2.44. The van der Waals surface area contributed by atoms with E-state index in [-0.39, 0.29) is 36.5 Å². The summed E-state index contributed by atoms with van der Waals surface area (Å²) in [6.07, 6.45) is 1.69. The molecule has 9 nitrogen and oxygen atoms in total. The van der Waals surface area contributed by atoms with Gasteiger partial charge in [0, 0.05) is 24.7 Å². The summed E-state index contributed by atoms with van der Waals surface area (Å²) < 4.78 is 62.7. The Labute approximate surface area is 214 Å². The molecule has 4 heterocycles. The monoisotopic (exact) mass is 531 g/mol. The summed E-state index contributed by atoms with van der Waals surface area (Å²) in [4.78, 5) is 18.6. The van der Waals surface area contributed by atoms with E-state index in [0.717, 1.165) is 12.1 Å². The number of pyridine rings is 1. The molecule has 4 aromatic rings. The molecular formula is C25H25F4N7O2. The van der Waals surface area contributed by atoms with E-state index in [1.54, 1.807) is 28.1 Å². The van der Waals surface area contributed by atoms with Crippen molar-refractivity contribution in [3.63, 3.8) is 0 Å². The van der Waals surface area contributed by atoms with Crippen molar-refractivity contribution in [3.8, 4) is 17.0 Å². The minimum absolute atomic E-state index is 0.0498. The molecule has 1 aliphatic rings. The van der Waals surface area contributed by atoms with Gasteiger partial charge in [0.1, 0.15) is 23.8 Å². The summed E-state index contributed by atoms with van der Waals surface area (Å²) in [6, 6.07) is 3.55. The van der Waals surface area contributed by atoms with Crippen LogP contribution in [0.2, 0.25) is 0 Å². The van der Waals surface area contributed by atoms with E-state index >= 15 is 0 Å². The molecule has 200 valence electrons. The van der Waals surface area contributed by atoms with Crippen molar-refractivity contribution in [1.29, 1.82) is 0 Å². The lowest BCUT2D eigenvalue weighted by molar-refractivity contribution is -0.0529. The van der Waals surface area contributed by atoms with Crippen LogP contribution in [-0.2, 0) is 6.54 Å². The third-order valence-corrected chi connectivity index (χ3v) is 6.85. The lowest BCUT2D eigenvalue weighted by Crippen LogP contribution is -2.63. The number of nitrogens with two attached hydrogens (primary N) is 1. The maximum absolute atomic E-state index is 14.9. The van der Waals surface area contributed by atoms with Gasteiger partial charge in [-0.1, -0.05) is 0 Å². The fourth-order valence-electron chi connectivity index (χ4n) is 4.85. The zero-order valence-electron chi connectivity index (χ0n) is 20.4. The SMILES string of the molecule is COc1cc(F)c(-c2cc(Cn3cnc4ncncc43)c(N3CCC[C@](N)([C@H](O)C(F)F)C3)cn2)cc1F. The van der Waals surface area contributed by atoms with Gasteiger partial charge < -0.3 is 25.0 Å². The molecule has 1 aromatic carbocycles. The zero-order chi connectivity index (χ0) is 27.0. The van der Waals surface area contributed by atoms with E-state index in [4.69, 9.17) is 10.5 Å². The van der Waals surface area contributed by atoms with Crippen LogP contribution in [0.15, 0.2) is 43.2 Å². The predicted octanol–water partition coefficient (Wildman–Crippen LogP) is 3.15. The first-order valence-corrected chi connectivity index (χ1v) is 11.8. The highest BCUT2D eigenvalue weighted by atomic mass is 19.3. The van der Waals surface area contributed by atoms with Gasteiger partial charge in [0.25, 0.3) is 6.43 Å². The Hall–Kier alpha value is -3.84. The van der Waals surface area contributed by atoms with Gasteiger partial charge in [0.2, 0.25) is 0 Å². The molecule has 1 saturated heterocycles. The van der Waals surface area contributed by atoms with E-state index in [9.17, 15) is 22.7 Å². The molecule has 2 atom stereocenters. The fourth-order valence-corrected chi connectivity index (χ4v) is 4.85. The normalized spacial score (nSPS) is 18.8.